The molecule has 0 heterocycles. The number of carboxylic acid groups (broad SMARTS) is 1. The van der Waals surface area contributed by atoms with Crippen molar-refractivity contribution in [2.24, 2.45) is 5.92 Å². The molecular formula is C22H34O2. The normalized spacial score (nSPS) is 20.9. The molecule has 0 aliphatic heterocycles. The summed E-state index contributed by atoms with van der Waals surface area (Å²) >= 11 is 0. The molecule has 0 amide bonds. The van der Waals surface area contributed by atoms with Gasteiger partial charge < -0.3 is 5.11 Å². The van der Waals surface area contributed by atoms with E-state index < -0.39 is 5.97 Å². The molecule has 2 heteroatoms. The zero-order valence-electron chi connectivity index (χ0n) is 15.5. The molecule has 24 heavy (non-hydrogen) atoms. The molecule has 0 unspecified atom stereocenters. The second-order valence-corrected chi connectivity index (χ2v) is 7.65. The molecule has 134 valence electrons. The molecule has 0 radical (unpaired) electrons. The first-order chi connectivity index (χ1) is 11.6. The molecule has 1 aliphatic rings. The van der Waals surface area contributed by atoms with Crippen LogP contribution in [0, 0.1) is 12.8 Å². The van der Waals surface area contributed by atoms with Gasteiger partial charge >= 0.3 is 5.97 Å². The van der Waals surface area contributed by atoms with E-state index in [4.69, 9.17) is 5.11 Å². The van der Waals surface area contributed by atoms with Crippen molar-refractivity contribution in [2.45, 2.75) is 90.4 Å². The fraction of sp³-hybridized carbons (Fsp3) is 0.682. The van der Waals surface area contributed by atoms with E-state index in [1.165, 1.54) is 68.1 Å². The number of carbonyl (C=O) groups is 1. The minimum Gasteiger partial charge on any atom is -0.481 e. The highest BCUT2D eigenvalue weighted by atomic mass is 16.4. The molecule has 1 aromatic rings. The summed E-state index contributed by atoms with van der Waals surface area (Å²) in [5.41, 5.74) is 4.21. The lowest BCUT2D eigenvalue weighted by Crippen LogP contribution is -2.14. The Morgan fingerprint density at radius 2 is 1.88 bits per heavy atom. The predicted molar refractivity (Wildman–Crippen MR) is 101 cm³/mol. The highest BCUT2D eigenvalue weighted by Crippen LogP contribution is 2.39. The first-order valence-electron chi connectivity index (χ1n) is 9.91. The first-order valence-corrected chi connectivity index (χ1v) is 9.91. The zero-order chi connectivity index (χ0) is 17.4. The molecular weight excluding hydrogens is 296 g/mol. The third kappa shape index (κ3) is 5.96. The highest BCUT2D eigenvalue weighted by molar-refractivity contribution is 5.66. The van der Waals surface area contributed by atoms with Crippen LogP contribution in [0.4, 0.5) is 0 Å². The Hall–Kier alpha value is -1.31. The maximum Gasteiger partial charge on any atom is 0.303 e. The van der Waals surface area contributed by atoms with Crippen molar-refractivity contribution in [3.63, 3.8) is 0 Å². The first kappa shape index (κ1) is 19.0. The van der Waals surface area contributed by atoms with Gasteiger partial charge in [-0.15, -0.1) is 0 Å². The van der Waals surface area contributed by atoms with Crippen molar-refractivity contribution in [3.05, 3.63) is 34.9 Å². The lowest BCUT2D eigenvalue weighted by molar-refractivity contribution is -0.137. The molecule has 1 aliphatic carbocycles. The van der Waals surface area contributed by atoms with Crippen LogP contribution >= 0.6 is 0 Å². The number of rotatable bonds is 9. The van der Waals surface area contributed by atoms with Gasteiger partial charge in [0.15, 0.2) is 0 Å². The van der Waals surface area contributed by atoms with Crippen molar-refractivity contribution in [3.8, 4) is 0 Å². The number of aryl methyl sites for hydroxylation is 2. The summed E-state index contributed by atoms with van der Waals surface area (Å²) in [6.07, 6.45) is 12.9. The summed E-state index contributed by atoms with van der Waals surface area (Å²) in [6, 6.07) is 6.82. The minimum atomic E-state index is -0.695. The third-order valence-electron chi connectivity index (χ3n) is 5.69. The van der Waals surface area contributed by atoms with Gasteiger partial charge in [-0.2, -0.15) is 0 Å². The molecule has 0 atom stereocenters. The number of unbranched alkanes of at least 4 members (excludes halogenated alkanes) is 2. The minimum absolute atomic E-state index is 0.267. The van der Waals surface area contributed by atoms with Crippen LogP contribution in [0.25, 0.3) is 0 Å². The van der Waals surface area contributed by atoms with Crippen LogP contribution in [0.3, 0.4) is 0 Å². The van der Waals surface area contributed by atoms with Crippen LogP contribution in [-0.2, 0) is 11.2 Å². The number of aliphatic carboxylic acids is 1. The fourth-order valence-electron chi connectivity index (χ4n) is 4.24. The van der Waals surface area contributed by atoms with Gasteiger partial charge in [-0.25, -0.2) is 0 Å². The van der Waals surface area contributed by atoms with Crippen LogP contribution < -0.4 is 0 Å². The van der Waals surface area contributed by atoms with E-state index in [0.29, 0.717) is 0 Å². The van der Waals surface area contributed by atoms with Gasteiger partial charge in [0, 0.05) is 6.42 Å². The van der Waals surface area contributed by atoms with Crippen molar-refractivity contribution in [1.29, 1.82) is 0 Å². The van der Waals surface area contributed by atoms with Gasteiger partial charge in [-0.3, -0.25) is 4.79 Å². The average Bonchev–Trinajstić information content (AvgIpc) is 2.56. The summed E-state index contributed by atoms with van der Waals surface area (Å²) in [5.74, 6) is 1.00. The maximum atomic E-state index is 10.6. The van der Waals surface area contributed by atoms with Crippen LogP contribution in [0.2, 0.25) is 0 Å². The van der Waals surface area contributed by atoms with Gasteiger partial charge in [0.2, 0.25) is 0 Å². The van der Waals surface area contributed by atoms with E-state index in [0.717, 1.165) is 24.7 Å². The van der Waals surface area contributed by atoms with Gasteiger partial charge in [-0.05, 0) is 74.0 Å². The van der Waals surface area contributed by atoms with E-state index in [9.17, 15) is 4.79 Å². The lowest BCUT2D eigenvalue weighted by Gasteiger charge is -2.30. The van der Waals surface area contributed by atoms with Crippen molar-refractivity contribution >= 4 is 5.97 Å². The summed E-state index contributed by atoms with van der Waals surface area (Å²) in [5, 5.41) is 8.75. The van der Waals surface area contributed by atoms with Crippen molar-refractivity contribution in [1.82, 2.24) is 0 Å². The van der Waals surface area contributed by atoms with E-state index in [-0.39, 0.29) is 6.42 Å². The molecule has 0 spiro atoms. The molecule has 0 aromatic heterocycles. The smallest absolute Gasteiger partial charge is 0.303 e. The monoisotopic (exact) mass is 330 g/mol. The molecule has 0 saturated heterocycles. The highest BCUT2D eigenvalue weighted by Gasteiger charge is 2.23. The van der Waals surface area contributed by atoms with Crippen LogP contribution in [0.5, 0.6) is 0 Å². The van der Waals surface area contributed by atoms with Gasteiger partial charge in [-0.1, -0.05) is 50.8 Å². The van der Waals surface area contributed by atoms with Crippen molar-refractivity contribution < 1.29 is 9.90 Å². The van der Waals surface area contributed by atoms with Gasteiger partial charge in [0.1, 0.15) is 0 Å². The standard InChI is InChI=1S/C22H34O2/c1-3-4-5-7-18-10-13-20(14-11-18)21-15-12-19(16-17(21)2)8-6-9-22(23)24/h12,15-16,18,20H,3-11,13-14H2,1-2H3,(H,23,24)/t18-,20-. The lowest BCUT2D eigenvalue weighted by atomic mass is 9.76. The Morgan fingerprint density at radius 1 is 1.12 bits per heavy atom. The van der Waals surface area contributed by atoms with E-state index in [1.54, 1.807) is 0 Å². The number of benzene rings is 1. The Morgan fingerprint density at radius 3 is 2.50 bits per heavy atom. The summed E-state index contributed by atoms with van der Waals surface area (Å²) in [6.45, 7) is 4.51. The summed E-state index contributed by atoms with van der Waals surface area (Å²) < 4.78 is 0. The van der Waals surface area contributed by atoms with E-state index >= 15 is 0 Å². The largest absolute Gasteiger partial charge is 0.481 e. The van der Waals surface area contributed by atoms with Crippen LogP contribution in [-0.4, -0.2) is 11.1 Å². The number of hydrogen-bond donors (Lipinski definition) is 1. The van der Waals surface area contributed by atoms with Gasteiger partial charge in [0.05, 0.1) is 0 Å². The second-order valence-electron chi connectivity index (χ2n) is 7.65. The molecule has 1 saturated carbocycles. The predicted octanol–water partition coefficient (Wildman–Crippen LogP) is 6.26. The quantitative estimate of drug-likeness (QED) is 0.543. The molecule has 1 N–H and O–H groups in total. The second kappa shape index (κ2) is 9.86. The van der Waals surface area contributed by atoms with Gasteiger partial charge in [0.25, 0.3) is 0 Å². The SMILES string of the molecule is CCCCC[C@H]1CC[C@H](c2ccc(CCCC(=O)O)cc2C)CC1. The number of carboxylic acids is 1. The Bertz CT molecular complexity index is 513. The zero-order valence-corrected chi connectivity index (χ0v) is 15.5. The van der Waals surface area contributed by atoms with Crippen LogP contribution in [0.1, 0.15) is 93.7 Å². The topological polar surface area (TPSA) is 37.3 Å². The summed E-state index contributed by atoms with van der Waals surface area (Å²) in [7, 11) is 0. The Labute approximate surface area is 147 Å². The molecule has 0 bridgehead atoms. The average molecular weight is 331 g/mol. The third-order valence-corrected chi connectivity index (χ3v) is 5.69. The summed E-state index contributed by atoms with van der Waals surface area (Å²) in [4.78, 5) is 10.6. The fourth-order valence-corrected chi connectivity index (χ4v) is 4.24. The Balaban J connectivity index is 1.83. The Kier molecular flexibility index (Phi) is 7.81. The maximum absolute atomic E-state index is 10.6. The molecule has 1 aromatic carbocycles. The number of hydrogen-bond acceptors (Lipinski definition) is 1. The molecule has 2 nitrogen and oxygen atoms in total. The van der Waals surface area contributed by atoms with E-state index in [2.05, 4.69) is 32.0 Å². The van der Waals surface area contributed by atoms with E-state index in [1.807, 2.05) is 0 Å². The molecule has 1 fully saturated rings. The molecule has 2 rings (SSSR count). The van der Waals surface area contributed by atoms with Crippen LogP contribution in [0.15, 0.2) is 18.2 Å². The van der Waals surface area contributed by atoms with Crippen molar-refractivity contribution in [2.75, 3.05) is 0 Å².